The van der Waals surface area contributed by atoms with Crippen molar-refractivity contribution in [3.05, 3.63) is 42.0 Å². The summed E-state index contributed by atoms with van der Waals surface area (Å²) in [5.74, 6) is 1.15. The fraction of sp³-hybridized carbons (Fsp3) is 0.333. The highest BCUT2D eigenvalue weighted by Gasteiger charge is 2.09. The van der Waals surface area contributed by atoms with E-state index in [4.69, 9.17) is 0 Å². The first-order valence-corrected chi connectivity index (χ1v) is 8.76. The normalized spacial score (nSPS) is 11.5. The van der Waals surface area contributed by atoms with E-state index in [1.54, 1.807) is 19.1 Å². The second-order valence-corrected chi connectivity index (χ2v) is 7.19. The van der Waals surface area contributed by atoms with Gasteiger partial charge in [0.25, 0.3) is 0 Å². The summed E-state index contributed by atoms with van der Waals surface area (Å²) >= 11 is 0. The van der Waals surface area contributed by atoms with E-state index in [-0.39, 0.29) is 11.6 Å². The van der Waals surface area contributed by atoms with Crippen LogP contribution < -0.4 is 10.0 Å². The van der Waals surface area contributed by atoms with Crippen LogP contribution in [0.4, 0.5) is 17.3 Å². The molecule has 0 fully saturated rings. The zero-order valence-corrected chi connectivity index (χ0v) is 13.7. The molecule has 2 aromatic rings. The molecular formula is C15H20N4O2S. The van der Waals surface area contributed by atoms with Crippen LogP contribution in [0.1, 0.15) is 32.3 Å². The zero-order valence-electron chi connectivity index (χ0n) is 12.9. The Morgan fingerprint density at radius 2 is 1.68 bits per heavy atom. The van der Waals surface area contributed by atoms with Crippen LogP contribution in [0.25, 0.3) is 0 Å². The first-order valence-electron chi connectivity index (χ1n) is 7.11. The third-order valence-electron chi connectivity index (χ3n) is 3.15. The summed E-state index contributed by atoms with van der Waals surface area (Å²) in [6, 6.07) is 11.3. The molecule has 2 rings (SSSR count). The number of benzene rings is 1. The van der Waals surface area contributed by atoms with E-state index >= 15 is 0 Å². The lowest BCUT2D eigenvalue weighted by atomic mass is 10.0. The van der Waals surface area contributed by atoms with Crippen LogP contribution in [0.5, 0.6) is 0 Å². The Bertz CT molecular complexity index is 727. The van der Waals surface area contributed by atoms with Crippen LogP contribution in [-0.4, -0.2) is 24.4 Å². The van der Waals surface area contributed by atoms with Crippen molar-refractivity contribution in [3.63, 3.8) is 0 Å². The first-order chi connectivity index (χ1) is 10.4. The second-order valence-electron chi connectivity index (χ2n) is 5.18. The highest BCUT2D eigenvalue weighted by molar-refractivity contribution is 7.92. The number of hydrogen-bond acceptors (Lipinski definition) is 5. The lowest BCUT2D eigenvalue weighted by molar-refractivity contribution is 0.602. The molecule has 0 spiro atoms. The van der Waals surface area contributed by atoms with Gasteiger partial charge in [0.15, 0.2) is 11.6 Å². The molecule has 0 aliphatic carbocycles. The van der Waals surface area contributed by atoms with Gasteiger partial charge in [-0.05, 0) is 36.6 Å². The van der Waals surface area contributed by atoms with Gasteiger partial charge in [-0.1, -0.05) is 32.0 Å². The smallest absolute Gasteiger partial charge is 0.233 e. The van der Waals surface area contributed by atoms with Gasteiger partial charge in [-0.15, -0.1) is 10.2 Å². The van der Waals surface area contributed by atoms with Gasteiger partial charge in [0.2, 0.25) is 10.0 Å². The number of rotatable bonds is 6. The lowest BCUT2D eigenvalue weighted by Gasteiger charge is -2.13. The highest BCUT2D eigenvalue weighted by Crippen LogP contribution is 2.26. The minimum atomic E-state index is -3.34. The summed E-state index contributed by atoms with van der Waals surface area (Å²) < 4.78 is 25.3. The highest BCUT2D eigenvalue weighted by atomic mass is 32.2. The second kappa shape index (κ2) is 6.74. The molecule has 1 heterocycles. The van der Waals surface area contributed by atoms with Gasteiger partial charge in [-0.2, -0.15) is 0 Å². The number of aromatic nitrogens is 2. The van der Waals surface area contributed by atoms with Crippen LogP contribution in [-0.2, 0) is 10.0 Å². The topological polar surface area (TPSA) is 84.0 Å². The molecule has 0 atom stereocenters. The van der Waals surface area contributed by atoms with Crippen LogP contribution in [0.15, 0.2) is 36.4 Å². The molecule has 2 N–H and O–H groups in total. The Hall–Kier alpha value is -2.15. The summed E-state index contributed by atoms with van der Waals surface area (Å²) in [4.78, 5) is 0. The van der Waals surface area contributed by atoms with Gasteiger partial charge in [-0.3, -0.25) is 4.72 Å². The van der Waals surface area contributed by atoms with Gasteiger partial charge in [0, 0.05) is 5.69 Å². The van der Waals surface area contributed by atoms with E-state index in [0.717, 1.165) is 5.69 Å². The minimum absolute atomic E-state index is 0.00353. The van der Waals surface area contributed by atoms with Crippen molar-refractivity contribution in [2.75, 3.05) is 15.8 Å². The minimum Gasteiger partial charge on any atom is -0.338 e. The Kier molecular flexibility index (Phi) is 4.97. The Morgan fingerprint density at radius 1 is 1.05 bits per heavy atom. The predicted molar refractivity (Wildman–Crippen MR) is 88.9 cm³/mol. The SMILES string of the molecule is CCS(=O)(=O)Nc1ccc(Nc2ccccc2C(C)C)nn1. The van der Waals surface area contributed by atoms with E-state index in [1.165, 1.54) is 5.56 Å². The maximum absolute atomic E-state index is 11.5. The molecule has 7 heteroatoms. The van der Waals surface area contributed by atoms with Crippen molar-refractivity contribution < 1.29 is 8.42 Å². The monoisotopic (exact) mass is 320 g/mol. The summed E-state index contributed by atoms with van der Waals surface area (Å²) in [7, 11) is -3.34. The van der Waals surface area contributed by atoms with E-state index in [2.05, 4.69) is 40.2 Å². The lowest BCUT2D eigenvalue weighted by Crippen LogP contribution is -2.15. The molecule has 0 saturated carbocycles. The van der Waals surface area contributed by atoms with Crippen molar-refractivity contribution in [2.45, 2.75) is 26.7 Å². The van der Waals surface area contributed by atoms with Crippen LogP contribution in [0.2, 0.25) is 0 Å². The van der Waals surface area contributed by atoms with Crippen molar-refractivity contribution in [2.24, 2.45) is 0 Å². The molecule has 22 heavy (non-hydrogen) atoms. The first kappa shape index (κ1) is 16.2. The largest absolute Gasteiger partial charge is 0.338 e. The van der Waals surface area contributed by atoms with Gasteiger partial charge in [0.1, 0.15) is 0 Å². The molecule has 0 unspecified atom stereocenters. The quantitative estimate of drug-likeness (QED) is 0.854. The van der Waals surface area contributed by atoms with Crippen LogP contribution in [0.3, 0.4) is 0 Å². The van der Waals surface area contributed by atoms with E-state index in [9.17, 15) is 8.42 Å². The average Bonchev–Trinajstić information content (AvgIpc) is 2.49. The molecule has 0 radical (unpaired) electrons. The number of para-hydroxylation sites is 1. The fourth-order valence-corrected chi connectivity index (χ4v) is 2.51. The molecule has 0 amide bonds. The van der Waals surface area contributed by atoms with E-state index in [1.807, 2.05) is 18.2 Å². The third-order valence-corrected chi connectivity index (χ3v) is 4.43. The summed E-state index contributed by atoms with van der Waals surface area (Å²) in [5, 5.41) is 11.1. The summed E-state index contributed by atoms with van der Waals surface area (Å²) in [6.45, 7) is 5.80. The van der Waals surface area contributed by atoms with Crippen molar-refractivity contribution in [1.29, 1.82) is 0 Å². The Balaban J connectivity index is 2.16. The standard InChI is InChI=1S/C15H20N4O2S/c1-4-22(20,21)19-15-10-9-14(17-18-15)16-13-8-6-5-7-12(13)11(2)3/h5-11H,4H2,1-3H3,(H,16,17)(H,18,19). The molecule has 1 aromatic heterocycles. The molecule has 0 aliphatic rings. The van der Waals surface area contributed by atoms with Crippen molar-refractivity contribution >= 4 is 27.3 Å². The van der Waals surface area contributed by atoms with E-state index in [0.29, 0.717) is 11.7 Å². The van der Waals surface area contributed by atoms with Crippen molar-refractivity contribution in [3.8, 4) is 0 Å². The number of hydrogen-bond donors (Lipinski definition) is 2. The molecular weight excluding hydrogens is 300 g/mol. The maximum Gasteiger partial charge on any atom is 0.233 e. The zero-order chi connectivity index (χ0) is 16.2. The molecule has 118 valence electrons. The van der Waals surface area contributed by atoms with Gasteiger partial charge in [-0.25, -0.2) is 8.42 Å². The molecule has 6 nitrogen and oxygen atoms in total. The van der Waals surface area contributed by atoms with E-state index < -0.39 is 10.0 Å². The van der Waals surface area contributed by atoms with Gasteiger partial charge < -0.3 is 5.32 Å². The van der Waals surface area contributed by atoms with Crippen LogP contribution >= 0.6 is 0 Å². The molecule has 1 aromatic carbocycles. The number of nitrogens with zero attached hydrogens (tertiary/aromatic N) is 2. The Morgan fingerprint density at radius 3 is 2.27 bits per heavy atom. The van der Waals surface area contributed by atoms with Gasteiger partial charge in [0.05, 0.1) is 5.75 Å². The maximum atomic E-state index is 11.5. The van der Waals surface area contributed by atoms with Crippen LogP contribution in [0, 0.1) is 0 Å². The molecule has 0 aliphatic heterocycles. The number of nitrogens with one attached hydrogen (secondary N) is 2. The number of anilines is 3. The predicted octanol–water partition coefficient (Wildman–Crippen LogP) is 3.11. The fourth-order valence-electron chi connectivity index (χ4n) is 1.94. The molecule has 0 bridgehead atoms. The number of sulfonamides is 1. The Labute approximate surface area is 131 Å². The average molecular weight is 320 g/mol. The summed E-state index contributed by atoms with van der Waals surface area (Å²) in [6.07, 6.45) is 0. The third kappa shape index (κ3) is 4.17. The summed E-state index contributed by atoms with van der Waals surface area (Å²) in [5.41, 5.74) is 2.15. The van der Waals surface area contributed by atoms with Gasteiger partial charge >= 0.3 is 0 Å². The molecule has 0 saturated heterocycles. The van der Waals surface area contributed by atoms with Crippen molar-refractivity contribution in [1.82, 2.24) is 10.2 Å².